The van der Waals surface area contributed by atoms with Crippen molar-refractivity contribution >= 4 is 16.7 Å². The number of fused-ring (bicyclic) bond motifs is 2. The summed E-state index contributed by atoms with van der Waals surface area (Å²) in [7, 11) is 1.92. The number of anilines is 1. The number of nitrogens with zero attached hydrogens (tertiary/aromatic N) is 1. The van der Waals surface area contributed by atoms with Gasteiger partial charge in [-0.15, -0.1) is 0 Å². The lowest BCUT2D eigenvalue weighted by atomic mass is 10.1. The van der Waals surface area contributed by atoms with Gasteiger partial charge in [-0.1, -0.05) is 0 Å². The van der Waals surface area contributed by atoms with E-state index in [1.807, 2.05) is 13.1 Å². The monoisotopic (exact) mass is 281 g/mol. The predicted molar refractivity (Wildman–Crippen MR) is 88.7 cm³/mol. The van der Waals surface area contributed by atoms with E-state index in [4.69, 9.17) is 4.42 Å². The van der Waals surface area contributed by atoms with E-state index in [-0.39, 0.29) is 0 Å². The van der Waals surface area contributed by atoms with Crippen LogP contribution in [0.15, 0.2) is 46.9 Å². The molecule has 0 bridgehead atoms. The first-order chi connectivity index (χ1) is 10.2. The highest BCUT2D eigenvalue weighted by Crippen LogP contribution is 2.28. The molecule has 108 valence electrons. The zero-order chi connectivity index (χ0) is 14.8. The van der Waals surface area contributed by atoms with Crippen LogP contribution >= 0.6 is 0 Å². The molecule has 0 unspecified atom stereocenters. The molecule has 21 heavy (non-hydrogen) atoms. The number of hydrogen-bond donors (Lipinski definition) is 1. The van der Waals surface area contributed by atoms with Crippen molar-refractivity contribution in [1.82, 2.24) is 4.58 Å². The Morgan fingerprint density at radius 1 is 1.00 bits per heavy atom. The van der Waals surface area contributed by atoms with Gasteiger partial charge in [-0.3, -0.25) is 0 Å². The van der Waals surface area contributed by atoms with Gasteiger partial charge in [0.15, 0.2) is 0 Å². The average Bonchev–Trinajstić information content (AvgIpc) is 2.53. The Bertz CT molecular complexity index is 811. The molecule has 3 rings (SSSR count). The van der Waals surface area contributed by atoms with E-state index in [0.29, 0.717) is 0 Å². The quantitative estimate of drug-likeness (QED) is 0.589. The van der Waals surface area contributed by atoms with Gasteiger partial charge in [0.05, 0.1) is 6.07 Å². The maximum atomic E-state index is 6.10. The van der Waals surface area contributed by atoms with Gasteiger partial charge in [0.1, 0.15) is 24.4 Å². The summed E-state index contributed by atoms with van der Waals surface area (Å²) in [6, 6.07) is 14.8. The fraction of sp³-hybridized carbons (Fsp3) is 0.278. The molecule has 0 atom stereocenters. The molecule has 1 heterocycles. The number of rotatable bonds is 3. The van der Waals surface area contributed by atoms with E-state index in [9.17, 15) is 0 Å². The van der Waals surface area contributed by atoms with E-state index in [1.54, 1.807) is 0 Å². The summed E-state index contributed by atoms with van der Waals surface area (Å²) in [5.74, 6) is 0.931. The van der Waals surface area contributed by atoms with Crippen LogP contribution in [0, 0.1) is 0 Å². The van der Waals surface area contributed by atoms with Crippen LogP contribution in [0.4, 0.5) is 5.69 Å². The van der Waals surface area contributed by atoms with E-state index in [2.05, 4.69) is 60.1 Å². The Morgan fingerprint density at radius 2 is 1.81 bits per heavy atom. The summed E-state index contributed by atoms with van der Waals surface area (Å²) in [6.07, 6.45) is 0. The summed E-state index contributed by atoms with van der Waals surface area (Å²) < 4.78 is 8.42. The molecule has 1 aliphatic carbocycles. The number of benzene rings is 2. The molecule has 0 saturated carbocycles. The lowest BCUT2D eigenvalue weighted by Crippen LogP contribution is -2.29. The molecule has 0 radical (unpaired) electrons. The molecule has 2 aliphatic rings. The smallest absolute Gasteiger partial charge is 0.203 e. The lowest BCUT2D eigenvalue weighted by molar-refractivity contribution is 0.604. The average molecular weight is 281 g/mol. The van der Waals surface area contributed by atoms with E-state index < -0.39 is 0 Å². The Balaban J connectivity index is 2.28. The van der Waals surface area contributed by atoms with Crippen molar-refractivity contribution in [3.05, 3.63) is 47.8 Å². The molecule has 1 aromatic carbocycles. The van der Waals surface area contributed by atoms with Gasteiger partial charge in [-0.25, -0.2) is 4.58 Å². The van der Waals surface area contributed by atoms with Crippen molar-refractivity contribution in [2.75, 3.05) is 25.5 Å². The molecule has 3 heteroatoms. The highest BCUT2D eigenvalue weighted by atomic mass is 16.3. The predicted octanol–water partition coefficient (Wildman–Crippen LogP) is 3.39. The molecule has 0 amide bonds. The Labute approximate surface area is 124 Å². The minimum atomic E-state index is 0.908. The van der Waals surface area contributed by atoms with Crippen LogP contribution in [0.1, 0.15) is 13.8 Å². The normalized spacial score (nSPS) is 11.0. The van der Waals surface area contributed by atoms with Crippen molar-refractivity contribution in [1.29, 1.82) is 0 Å². The number of hydrogen-bond acceptors (Lipinski definition) is 2. The zero-order valence-corrected chi connectivity index (χ0v) is 12.8. The fourth-order valence-electron chi connectivity index (χ4n) is 2.70. The molecule has 1 aliphatic heterocycles. The van der Waals surface area contributed by atoms with Crippen molar-refractivity contribution < 1.29 is 4.42 Å². The first-order valence-corrected chi connectivity index (χ1v) is 7.48. The van der Waals surface area contributed by atoms with Crippen molar-refractivity contribution in [3.63, 3.8) is 0 Å². The lowest BCUT2D eigenvalue weighted by Gasteiger charge is -2.08. The van der Waals surface area contributed by atoms with Gasteiger partial charge >= 0.3 is 0 Å². The third-order valence-corrected chi connectivity index (χ3v) is 3.96. The van der Waals surface area contributed by atoms with Gasteiger partial charge < -0.3 is 9.73 Å². The Kier molecular flexibility index (Phi) is 3.65. The van der Waals surface area contributed by atoms with Crippen molar-refractivity contribution in [2.45, 2.75) is 13.8 Å². The van der Waals surface area contributed by atoms with Crippen LogP contribution in [-0.4, -0.2) is 20.1 Å². The van der Waals surface area contributed by atoms with Crippen LogP contribution in [0.5, 0.6) is 0 Å². The van der Waals surface area contributed by atoms with Crippen LogP contribution in [0.2, 0.25) is 0 Å². The topological polar surface area (TPSA) is 28.2 Å². The van der Waals surface area contributed by atoms with E-state index >= 15 is 0 Å². The van der Waals surface area contributed by atoms with Crippen LogP contribution in [0.3, 0.4) is 0 Å². The SMILES string of the molecule is CC[N+](CC)=c1ccc2cc3ccc(NC)cc3oc-2c1. The van der Waals surface area contributed by atoms with Crippen LogP contribution in [0.25, 0.3) is 22.3 Å². The number of nitrogens with one attached hydrogen (secondary N) is 1. The maximum absolute atomic E-state index is 6.10. The molecule has 0 aromatic heterocycles. The second-order valence-electron chi connectivity index (χ2n) is 5.14. The maximum Gasteiger partial charge on any atom is 0.203 e. The van der Waals surface area contributed by atoms with Crippen molar-refractivity contribution in [2.24, 2.45) is 0 Å². The van der Waals surface area contributed by atoms with E-state index in [1.165, 1.54) is 5.36 Å². The summed E-state index contributed by atoms with van der Waals surface area (Å²) in [5, 5.41) is 5.48. The zero-order valence-electron chi connectivity index (χ0n) is 12.8. The van der Waals surface area contributed by atoms with Crippen LogP contribution in [-0.2, 0) is 0 Å². The summed E-state index contributed by atoms with van der Waals surface area (Å²) in [6.45, 7) is 6.34. The standard InChI is InChI=1S/C18H20N2O/c1-4-20(5-2)16-9-7-14-10-13-6-8-15(19-3)11-17(13)21-18(14)12-16/h6-12H,4-5H2,1-3H3/p+1. The molecular formula is C18H21N2O+. The van der Waals surface area contributed by atoms with Gasteiger partial charge in [-0.2, -0.15) is 0 Å². The van der Waals surface area contributed by atoms with Gasteiger partial charge in [0, 0.05) is 35.8 Å². The summed E-state index contributed by atoms with van der Waals surface area (Å²) >= 11 is 0. The third-order valence-electron chi connectivity index (χ3n) is 3.96. The summed E-state index contributed by atoms with van der Waals surface area (Å²) in [5.41, 5.74) is 3.10. The highest BCUT2D eigenvalue weighted by Gasteiger charge is 2.10. The fourth-order valence-corrected chi connectivity index (χ4v) is 2.70. The van der Waals surface area contributed by atoms with Crippen molar-refractivity contribution in [3.8, 4) is 11.3 Å². The third kappa shape index (κ3) is 2.51. The first-order valence-electron chi connectivity index (χ1n) is 7.48. The molecule has 1 N–H and O–H groups in total. The molecule has 1 aromatic rings. The minimum Gasteiger partial charge on any atom is -0.456 e. The summed E-state index contributed by atoms with van der Waals surface area (Å²) in [4.78, 5) is 0. The first kappa shape index (κ1) is 13.7. The minimum absolute atomic E-state index is 0.908. The Hall–Kier alpha value is -2.29. The Morgan fingerprint density at radius 3 is 2.52 bits per heavy atom. The largest absolute Gasteiger partial charge is 0.456 e. The molecule has 0 spiro atoms. The van der Waals surface area contributed by atoms with E-state index in [0.717, 1.165) is 41.1 Å². The highest BCUT2D eigenvalue weighted by molar-refractivity contribution is 5.85. The molecule has 0 saturated heterocycles. The second-order valence-corrected chi connectivity index (χ2v) is 5.14. The molecular weight excluding hydrogens is 260 g/mol. The second kappa shape index (κ2) is 5.60. The van der Waals surface area contributed by atoms with Gasteiger partial charge in [0.25, 0.3) is 0 Å². The van der Waals surface area contributed by atoms with Gasteiger partial charge in [0.2, 0.25) is 5.36 Å². The van der Waals surface area contributed by atoms with Gasteiger partial charge in [-0.05, 0) is 38.1 Å². The molecule has 3 nitrogen and oxygen atoms in total. The molecule has 0 fully saturated rings. The van der Waals surface area contributed by atoms with Crippen LogP contribution < -0.4 is 15.2 Å².